The van der Waals surface area contributed by atoms with Crippen molar-refractivity contribution in [3.05, 3.63) is 29.8 Å². The first-order valence-corrected chi connectivity index (χ1v) is 9.46. The van der Waals surface area contributed by atoms with E-state index in [1.807, 2.05) is 12.1 Å². The monoisotopic (exact) mass is 330 g/mol. The van der Waals surface area contributed by atoms with Gasteiger partial charge in [0.25, 0.3) is 0 Å². The van der Waals surface area contributed by atoms with E-state index < -0.39 is 0 Å². The van der Waals surface area contributed by atoms with Gasteiger partial charge in [-0.3, -0.25) is 0 Å². The molecule has 5 atom stereocenters. The van der Waals surface area contributed by atoms with Crippen LogP contribution in [0.2, 0.25) is 0 Å². The lowest BCUT2D eigenvalue weighted by Crippen LogP contribution is -2.56. The van der Waals surface area contributed by atoms with E-state index >= 15 is 0 Å². The zero-order valence-electron chi connectivity index (χ0n) is 15.1. The van der Waals surface area contributed by atoms with E-state index in [2.05, 4.69) is 20.8 Å². The topological polar surface area (TPSA) is 38.7 Å². The highest BCUT2D eigenvalue weighted by atomic mass is 16.7. The van der Waals surface area contributed by atoms with Crippen molar-refractivity contribution < 1.29 is 14.6 Å². The van der Waals surface area contributed by atoms with Crippen LogP contribution in [0, 0.1) is 22.7 Å². The normalized spacial score (nSPS) is 41.3. The van der Waals surface area contributed by atoms with Crippen LogP contribution in [-0.2, 0) is 9.47 Å². The molecule has 3 nitrogen and oxygen atoms in total. The first-order valence-electron chi connectivity index (χ1n) is 9.46. The zero-order chi connectivity index (χ0) is 16.9. The molecule has 1 N–H and O–H groups in total. The Bertz CT molecular complexity index is 594. The number of hydrogen-bond donors (Lipinski definition) is 1. The SMILES string of the molecule is CC1(C)CCC[C@@]2(C)C1CC[C@H]1O[C@@H](c3ccc(O)cc3)OC[C@@H]12. The highest BCUT2D eigenvalue weighted by Crippen LogP contribution is 2.61. The van der Waals surface area contributed by atoms with Gasteiger partial charge in [-0.15, -0.1) is 0 Å². The fraction of sp³-hybridized carbons (Fsp3) is 0.714. The van der Waals surface area contributed by atoms with Crippen molar-refractivity contribution in [1.82, 2.24) is 0 Å². The van der Waals surface area contributed by atoms with E-state index in [9.17, 15) is 5.11 Å². The Morgan fingerprint density at radius 1 is 1.04 bits per heavy atom. The van der Waals surface area contributed by atoms with Crippen molar-refractivity contribution >= 4 is 0 Å². The average Bonchev–Trinajstić information content (AvgIpc) is 2.54. The molecule has 1 unspecified atom stereocenters. The maximum atomic E-state index is 9.47. The molecule has 3 aliphatic rings. The molecule has 2 saturated carbocycles. The number of aromatic hydroxyl groups is 1. The molecule has 132 valence electrons. The lowest BCUT2D eigenvalue weighted by atomic mass is 9.48. The summed E-state index contributed by atoms with van der Waals surface area (Å²) in [6, 6.07) is 7.21. The Labute approximate surface area is 145 Å². The van der Waals surface area contributed by atoms with Gasteiger partial charge in [0, 0.05) is 11.5 Å². The van der Waals surface area contributed by atoms with Crippen molar-refractivity contribution in [3.63, 3.8) is 0 Å². The molecular weight excluding hydrogens is 300 g/mol. The third-order valence-electron chi connectivity index (χ3n) is 7.20. The first kappa shape index (κ1) is 16.4. The van der Waals surface area contributed by atoms with Gasteiger partial charge < -0.3 is 14.6 Å². The lowest BCUT2D eigenvalue weighted by molar-refractivity contribution is -0.285. The van der Waals surface area contributed by atoms with Gasteiger partial charge in [-0.25, -0.2) is 0 Å². The second-order valence-electron chi connectivity index (χ2n) is 9.02. The Morgan fingerprint density at radius 2 is 1.79 bits per heavy atom. The van der Waals surface area contributed by atoms with Gasteiger partial charge in [0.1, 0.15) is 5.75 Å². The minimum atomic E-state index is -0.288. The van der Waals surface area contributed by atoms with E-state index in [4.69, 9.17) is 9.47 Å². The molecule has 0 radical (unpaired) electrons. The fourth-order valence-corrected chi connectivity index (χ4v) is 5.94. The van der Waals surface area contributed by atoms with Crippen molar-refractivity contribution in [2.75, 3.05) is 6.61 Å². The number of hydrogen-bond acceptors (Lipinski definition) is 3. The van der Waals surface area contributed by atoms with Gasteiger partial charge in [0.15, 0.2) is 6.29 Å². The third kappa shape index (κ3) is 2.57. The van der Waals surface area contributed by atoms with Crippen LogP contribution in [-0.4, -0.2) is 17.8 Å². The average molecular weight is 330 g/mol. The minimum Gasteiger partial charge on any atom is -0.508 e. The highest BCUT2D eigenvalue weighted by molar-refractivity contribution is 5.26. The van der Waals surface area contributed by atoms with Crippen LogP contribution in [0.5, 0.6) is 5.75 Å². The molecule has 0 amide bonds. The van der Waals surface area contributed by atoms with E-state index in [0.717, 1.165) is 24.5 Å². The highest BCUT2D eigenvalue weighted by Gasteiger charge is 2.56. The Balaban J connectivity index is 1.54. The van der Waals surface area contributed by atoms with Gasteiger partial charge in [0.05, 0.1) is 12.7 Å². The molecule has 1 saturated heterocycles. The molecule has 3 heteroatoms. The van der Waals surface area contributed by atoms with E-state index in [-0.39, 0.29) is 12.0 Å². The number of benzene rings is 1. The van der Waals surface area contributed by atoms with E-state index in [1.165, 1.54) is 25.7 Å². The van der Waals surface area contributed by atoms with Gasteiger partial charge >= 0.3 is 0 Å². The zero-order valence-corrected chi connectivity index (χ0v) is 15.1. The summed E-state index contributed by atoms with van der Waals surface area (Å²) in [6.07, 6.45) is 6.40. The molecule has 0 spiro atoms. The predicted octanol–water partition coefficient (Wildman–Crippen LogP) is 5.05. The van der Waals surface area contributed by atoms with E-state index in [1.54, 1.807) is 12.1 Å². The van der Waals surface area contributed by atoms with Crippen LogP contribution in [0.1, 0.15) is 64.7 Å². The maximum Gasteiger partial charge on any atom is 0.184 e. The van der Waals surface area contributed by atoms with Gasteiger partial charge in [-0.2, -0.15) is 0 Å². The number of phenolic OH excluding ortho intramolecular Hbond substituents is 1. The number of phenols is 1. The summed E-state index contributed by atoms with van der Waals surface area (Å²) >= 11 is 0. The molecule has 4 rings (SSSR count). The predicted molar refractivity (Wildman–Crippen MR) is 93.6 cm³/mol. The fourth-order valence-electron chi connectivity index (χ4n) is 5.94. The second kappa shape index (κ2) is 5.74. The number of ether oxygens (including phenoxy) is 2. The van der Waals surface area contributed by atoms with Crippen LogP contribution in [0.25, 0.3) is 0 Å². The summed E-state index contributed by atoms with van der Waals surface area (Å²) in [5, 5.41) is 9.47. The second-order valence-corrected chi connectivity index (χ2v) is 9.02. The standard InChI is InChI=1S/C21H30O3/c1-20(2)11-4-12-21(3)16-13-23-19(14-5-7-15(22)8-6-14)24-17(16)9-10-18(20)21/h5-8,16-19,22H,4,9-13H2,1-3H3/t16-,17+,18?,19-,21+/m0/s1. The first-order chi connectivity index (χ1) is 11.4. The molecule has 1 heterocycles. The summed E-state index contributed by atoms with van der Waals surface area (Å²) in [4.78, 5) is 0. The van der Waals surface area contributed by atoms with Crippen molar-refractivity contribution in [1.29, 1.82) is 0 Å². The van der Waals surface area contributed by atoms with Crippen LogP contribution in [0.15, 0.2) is 24.3 Å². The summed E-state index contributed by atoms with van der Waals surface area (Å²) in [5.41, 5.74) is 1.78. The lowest BCUT2D eigenvalue weighted by Gasteiger charge is -2.60. The third-order valence-corrected chi connectivity index (χ3v) is 7.20. The van der Waals surface area contributed by atoms with Crippen LogP contribution in [0.4, 0.5) is 0 Å². The Morgan fingerprint density at radius 3 is 2.54 bits per heavy atom. The summed E-state index contributed by atoms with van der Waals surface area (Å²) in [6.45, 7) is 8.20. The molecule has 0 aromatic heterocycles. The van der Waals surface area contributed by atoms with Crippen molar-refractivity contribution in [3.8, 4) is 5.75 Å². The van der Waals surface area contributed by atoms with Crippen LogP contribution >= 0.6 is 0 Å². The van der Waals surface area contributed by atoms with E-state index in [0.29, 0.717) is 22.9 Å². The molecule has 2 aliphatic carbocycles. The molecule has 0 bridgehead atoms. The van der Waals surface area contributed by atoms with Crippen molar-refractivity contribution in [2.24, 2.45) is 22.7 Å². The van der Waals surface area contributed by atoms with Gasteiger partial charge in [0.2, 0.25) is 0 Å². The van der Waals surface area contributed by atoms with Gasteiger partial charge in [-0.05, 0) is 54.6 Å². The Hall–Kier alpha value is -1.06. The summed E-state index contributed by atoms with van der Waals surface area (Å²) < 4.78 is 12.5. The molecule has 1 aliphatic heterocycles. The van der Waals surface area contributed by atoms with Crippen LogP contribution < -0.4 is 0 Å². The molecule has 1 aromatic carbocycles. The molecule has 3 fully saturated rings. The molecule has 24 heavy (non-hydrogen) atoms. The minimum absolute atomic E-state index is 0.282. The summed E-state index contributed by atoms with van der Waals surface area (Å²) in [7, 11) is 0. The largest absolute Gasteiger partial charge is 0.508 e. The smallest absolute Gasteiger partial charge is 0.184 e. The quantitative estimate of drug-likeness (QED) is 0.783. The number of rotatable bonds is 1. The Kier molecular flexibility index (Phi) is 3.92. The number of fused-ring (bicyclic) bond motifs is 3. The maximum absolute atomic E-state index is 9.47. The summed E-state index contributed by atoms with van der Waals surface area (Å²) in [5.74, 6) is 1.56. The van der Waals surface area contributed by atoms with Crippen molar-refractivity contribution in [2.45, 2.75) is 65.3 Å². The van der Waals surface area contributed by atoms with Crippen LogP contribution in [0.3, 0.4) is 0 Å². The van der Waals surface area contributed by atoms with Gasteiger partial charge in [-0.1, -0.05) is 39.3 Å². The molecular formula is C21H30O3. The molecule has 1 aromatic rings.